The standard InChI is InChI=1S/C13H21N3O/c1-4-11(7-10-5-6-10)16-12-8-13(17-3)15-9(2)14-12/h8,10-11H,4-7H2,1-3H3,(H,14,15,16). The third-order valence-corrected chi connectivity index (χ3v) is 3.18. The third kappa shape index (κ3) is 3.58. The maximum Gasteiger partial charge on any atom is 0.218 e. The van der Waals surface area contributed by atoms with Gasteiger partial charge in [0.15, 0.2) is 0 Å². The van der Waals surface area contributed by atoms with Crippen LogP contribution in [0, 0.1) is 12.8 Å². The molecule has 1 aliphatic rings. The highest BCUT2D eigenvalue weighted by atomic mass is 16.5. The quantitative estimate of drug-likeness (QED) is 0.823. The molecule has 0 aromatic carbocycles. The summed E-state index contributed by atoms with van der Waals surface area (Å²) < 4.78 is 5.15. The van der Waals surface area contributed by atoms with Gasteiger partial charge in [0.2, 0.25) is 5.88 Å². The van der Waals surface area contributed by atoms with Crippen LogP contribution in [0.5, 0.6) is 5.88 Å². The van der Waals surface area contributed by atoms with Gasteiger partial charge in [0.1, 0.15) is 11.6 Å². The van der Waals surface area contributed by atoms with E-state index in [1.165, 1.54) is 19.3 Å². The summed E-state index contributed by atoms with van der Waals surface area (Å²) in [6.07, 6.45) is 5.17. The lowest BCUT2D eigenvalue weighted by Crippen LogP contribution is -2.20. The van der Waals surface area contributed by atoms with Crippen molar-refractivity contribution in [1.82, 2.24) is 9.97 Å². The van der Waals surface area contributed by atoms with Crippen molar-refractivity contribution in [3.05, 3.63) is 11.9 Å². The zero-order chi connectivity index (χ0) is 12.3. The van der Waals surface area contributed by atoms with Crippen LogP contribution in [0.4, 0.5) is 5.82 Å². The Morgan fingerprint density at radius 2 is 2.24 bits per heavy atom. The molecule has 17 heavy (non-hydrogen) atoms. The zero-order valence-corrected chi connectivity index (χ0v) is 10.9. The molecule has 4 nitrogen and oxygen atoms in total. The Kier molecular flexibility index (Phi) is 3.82. The monoisotopic (exact) mass is 235 g/mol. The first kappa shape index (κ1) is 12.1. The molecule has 94 valence electrons. The zero-order valence-electron chi connectivity index (χ0n) is 10.9. The molecule has 1 aliphatic carbocycles. The molecule has 1 atom stereocenters. The van der Waals surface area contributed by atoms with Gasteiger partial charge in [-0.3, -0.25) is 0 Å². The molecule has 1 heterocycles. The van der Waals surface area contributed by atoms with Crippen molar-refractivity contribution >= 4 is 5.82 Å². The first-order chi connectivity index (χ1) is 8.21. The van der Waals surface area contributed by atoms with E-state index in [1.807, 2.05) is 13.0 Å². The van der Waals surface area contributed by atoms with E-state index in [9.17, 15) is 0 Å². The molecule has 0 amide bonds. The molecular weight excluding hydrogens is 214 g/mol. The predicted octanol–water partition coefficient (Wildman–Crippen LogP) is 2.78. The molecule has 0 spiro atoms. The smallest absolute Gasteiger partial charge is 0.218 e. The fourth-order valence-electron chi connectivity index (χ4n) is 2.01. The summed E-state index contributed by atoms with van der Waals surface area (Å²) in [5, 5.41) is 3.48. The number of rotatable bonds is 6. The molecule has 0 radical (unpaired) electrons. The number of anilines is 1. The van der Waals surface area contributed by atoms with Crippen LogP contribution in [0.1, 0.15) is 38.4 Å². The van der Waals surface area contributed by atoms with E-state index in [2.05, 4.69) is 22.2 Å². The van der Waals surface area contributed by atoms with Crippen molar-refractivity contribution in [2.75, 3.05) is 12.4 Å². The number of aryl methyl sites for hydroxylation is 1. The molecule has 0 bridgehead atoms. The summed E-state index contributed by atoms with van der Waals surface area (Å²) in [6, 6.07) is 2.38. The summed E-state index contributed by atoms with van der Waals surface area (Å²) in [7, 11) is 1.63. The van der Waals surface area contributed by atoms with E-state index < -0.39 is 0 Å². The highest BCUT2D eigenvalue weighted by Gasteiger charge is 2.24. The number of methoxy groups -OCH3 is 1. The molecule has 0 aliphatic heterocycles. The van der Waals surface area contributed by atoms with Crippen molar-refractivity contribution < 1.29 is 4.74 Å². The van der Waals surface area contributed by atoms with E-state index in [0.29, 0.717) is 11.9 Å². The van der Waals surface area contributed by atoms with E-state index in [-0.39, 0.29) is 0 Å². The van der Waals surface area contributed by atoms with E-state index in [4.69, 9.17) is 4.74 Å². The van der Waals surface area contributed by atoms with E-state index in [1.54, 1.807) is 7.11 Å². The predicted molar refractivity (Wildman–Crippen MR) is 68.4 cm³/mol. The van der Waals surface area contributed by atoms with Crippen LogP contribution in [0.3, 0.4) is 0 Å². The topological polar surface area (TPSA) is 47.0 Å². The average Bonchev–Trinajstić information content (AvgIpc) is 3.11. The van der Waals surface area contributed by atoms with Gasteiger partial charge >= 0.3 is 0 Å². The second kappa shape index (κ2) is 5.34. The minimum Gasteiger partial charge on any atom is -0.481 e. The van der Waals surface area contributed by atoms with Gasteiger partial charge in [-0.05, 0) is 25.7 Å². The lowest BCUT2D eigenvalue weighted by molar-refractivity contribution is 0.395. The molecule has 1 aromatic rings. The summed E-state index contributed by atoms with van der Waals surface area (Å²) in [4.78, 5) is 8.58. The van der Waals surface area contributed by atoms with Gasteiger partial charge in [0.25, 0.3) is 0 Å². The lowest BCUT2D eigenvalue weighted by atomic mass is 10.1. The average molecular weight is 235 g/mol. The van der Waals surface area contributed by atoms with E-state index >= 15 is 0 Å². The van der Waals surface area contributed by atoms with Gasteiger partial charge in [0.05, 0.1) is 7.11 Å². The molecule has 1 aromatic heterocycles. The minimum absolute atomic E-state index is 0.515. The van der Waals surface area contributed by atoms with Crippen molar-refractivity contribution in [3.8, 4) is 5.88 Å². The molecule has 1 saturated carbocycles. The Labute approximate surface area is 103 Å². The highest BCUT2D eigenvalue weighted by Crippen LogP contribution is 2.34. The number of aromatic nitrogens is 2. The Morgan fingerprint density at radius 1 is 1.47 bits per heavy atom. The van der Waals surface area contributed by atoms with Crippen molar-refractivity contribution in [2.24, 2.45) is 5.92 Å². The van der Waals surface area contributed by atoms with Crippen molar-refractivity contribution in [2.45, 2.75) is 45.6 Å². The Balaban J connectivity index is 2.01. The SMILES string of the molecule is CCC(CC1CC1)Nc1cc(OC)nc(C)n1. The molecule has 0 saturated heterocycles. The minimum atomic E-state index is 0.515. The Morgan fingerprint density at radius 3 is 2.82 bits per heavy atom. The van der Waals surface area contributed by atoms with Gasteiger partial charge in [-0.1, -0.05) is 19.8 Å². The molecule has 4 heteroatoms. The maximum atomic E-state index is 5.15. The van der Waals surface area contributed by atoms with Crippen LogP contribution in [0.15, 0.2) is 6.07 Å². The second-order valence-corrected chi connectivity index (χ2v) is 4.77. The van der Waals surface area contributed by atoms with Crippen molar-refractivity contribution in [1.29, 1.82) is 0 Å². The fourth-order valence-corrected chi connectivity index (χ4v) is 2.01. The van der Waals surface area contributed by atoms with Crippen LogP contribution in [-0.4, -0.2) is 23.1 Å². The molecular formula is C13H21N3O. The summed E-state index contributed by atoms with van der Waals surface area (Å²) >= 11 is 0. The largest absolute Gasteiger partial charge is 0.481 e. The van der Waals surface area contributed by atoms with Gasteiger partial charge in [-0.2, -0.15) is 4.98 Å². The van der Waals surface area contributed by atoms with Crippen LogP contribution in [0.2, 0.25) is 0 Å². The third-order valence-electron chi connectivity index (χ3n) is 3.18. The number of ether oxygens (including phenoxy) is 1. The summed E-state index contributed by atoms with van der Waals surface area (Å²) in [6.45, 7) is 4.10. The first-order valence-corrected chi connectivity index (χ1v) is 6.37. The Hall–Kier alpha value is -1.32. The summed E-state index contributed by atoms with van der Waals surface area (Å²) in [5.41, 5.74) is 0. The molecule has 2 rings (SSSR count). The first-order valence-electron chi connectivity index (χ1n) is 6.37. The molecule has 1 unspecified atom stereocenters. The molecule has 1 N–H and O–H groups in total. The molecule has 1 fully saturated rings. The van der Waals surface area contributed by atoms with Crippen LogP contribution in [-0.2, 0) is 0 Å². The Bertz CT molecular complexity index is 377. The van der Waals surface area contributed by atoms with Crippen molar-refractivity contribution in [3.63, 3.8) is 0 Å². The van der Waals surface area contributed by atoms with Crippen LogP contribution >= 0.6 is 0 Å². The van der Waals surface area contributed by atoms with Gasteiger partial charge < -0.3 is 10.1 Å². The number of nitrogens with zero attached hydrogens (tertiary/aromatic N) is 2. The van der Waals surface area contributed by atoms with Gasteiger partial charge in [-0.15, -0.1) is 0 Å². The fraction of sp³-hybridized carbons (Fsp3) is 0.692. The van der Waals surface area contributed by atoms with E-state index in [0.717, 1.165) is 24.0 Å². The van der Waals surface area contributed by atoms with Crippen LogP contribution in [0.25, 0.3) is 0 Å². The van der Waals surface area contributed by atoms with Gasteiger partial charge in [-0.25, -0.2) is 4.98 Å². The lowest BCUT2D eigenvalue weighted by Gasteiger charge is -2.17. The van der Waals surface area contributed by atoms with Gasteiger partial charge in [0, 0.05) is 12.1 Å². The normalized spacial score (nSPS) is 16.6. The number of nitrogens with one attached hydrogen (secondary N) is 1. The van der Waals surface area contributed by atoms with Crippen LogP contribution < -0.4 is 10.1 Å². The summed E-state index contributed by atoms with van der Waals surface area (Å²) in [5.74, 6) is 3.17. The highest BCUT2D eigenvalue weighted by molar-refractivity contribution is 5.39. The second-order valence-electron chi connectivity index (χ2n) is 4.77. The number of hydrogen-bond donors (Lipinski definition) is 1. The maximum absolute atomic E-state index is 5.15. The number of hydrogen-bond acceptors (Lipinski definition) is 4.